The molecule has 200 valence electrons. The highest BCUT2D eigenvalue weighted by molar-refractivity contribution is 6.33. The Morgan fingerprint density at radius 2 is 1.90 bits per heavy atom. The lowest BCUT2D eigenvalue weighted by Gasteiger charge is -2.40. The third-order valence-electron chi connectivity index (χ3n) is 7.07. The molecule has 0 spiro atoms. The number of hydrogen-bond donors (Lipinski definition) is 0. The van der Waals surface area contributed by atoms with Gasteiger partial charge in [0.15, 0.2) is 5.65 Å². The number of carbonyl (C=O) groups excluding carboxylic acids is 1. The predicted molar refractivity (Wildman–Crippen MR) is 153 cm³/mol. The van der Waals surface area contributed by atoms with Gasteiger partial charge in [0.2, 0.25) is 5.91 Å². The maximum atomic E-state index is 14.8. The normalized spacial score (nSPS) is 15.5. The molecule has 2 aromatic heterocycles. The smallest absolute Gasteiger partial charge is 0.350 e. The van der Waals surface area contributed by atoms with Crippen molar-refractivity contribution in [3.8, 4) is 16.9 Å². The van der Waals surface area contributed by atoms with Crippen molar-refractivity contribution in [1.29, 1.82) is 0 Å². The minimum absolute atomic E-state index is 0.133. The summed E-state index contributed by atoms with van der Waals surface area (Å²) in [4.78, 5) is 39.1. The SMILES string of the molecule is C=CC(=O)N1CCN(c2nc(=O)n(-c3ccccc3CCC)c3nc(-c4ccccc4F)c(Cl)cc23)[C@@H](C)C1. The Bertz CT molecular complexity index is 1640. The van der Waals surface area contributed by atoms with Crippen LogP contribution in [0.5, 0.6) is 0 Å². The summed E-state index contributed by atoms with van der Waals surface area (Å²) in [7, 11) is 0. The predicted octanol–water partition coefficient (Wildman–Crippen LogP) is 5.42. The lowest BCUT2D eigenvalue weighted by atomic mass is 10.1. The van der Waals surface area contributed by atoms with Crippen molar-refractivity contribution in [1.82, 2.24) is 19.4 Å². The van der Waals surface area contributed by atoms with Gasteiger partial charge in [-0.3, -0.25) is 4.79 Å². The first kappa shape index (κ1) is 26.6. The van der Waals surface area contributed by atoms with E-state index in [2.05, 4.69) is 18.5 Å². The number of hydrogen-bond acceptors (Lipinski definition) is 5. The third kappa shape index (κ3) is 4.92. The number of halogens is 2. The van der Waals surface area contributed by atoms with Gasteiger partial charge in [0.1, 0.15) is 11.6 Å². The monoisotopic (exact) mass is 545 g/mol. The van der Waals surface area contributed by atoms with Gasteiger partial charge in [0, 0.05) is 31.2 Å². The number of piperazine rings is 1. The molecule has 0 saturated carbocycles. The summed E-state index contributed by atoms with van der Waals surface area (Å²) in [5.74, 6) is -0.161. The van der Waals surface area contributed by atoms with Gasteiger partial charge in [0.25, 0.3) is 0 Å². The molecule has 0 unspecified atom stereocenters. The van der Waals surface area contributed by atoms with E-state index in [-0.39, 0.29) is 28.2 Å². The molecule has 1 aliphatic heterocycles. The molecule has 3 heterocycles. The van der Waals surface area contributed by atoms with Crippen LogP contribution in [0.4, 0.5) is 10.2 Å². The summed E-state index contributed by atoms with van der Waals surface area (Å²) < 4.78 is 16.3. The molecular formula is C30H29ClFN5O2. The Labute approximate surface area is 231 Å². The van der Waals surface area contributed by atoms with E-state index in [1.165, 1.54) is 16.7 Å². The van der Waals surface area contributed by atoms with E-state index in [1.54, 1.807) is 29.2 Å². The molecule has 1 fully saturated rings. The zero-order valence-electron chi connectivity index (χ0n) is 21.9. The Hall–Kier alpha value is -4.04. The van der Waals surface area contributed by atoms with E-state index in [0.717, 1.165) is 18.4 Å². The number of carbonyl (C=O) groups is 1. The number of fused-ring (bicyclic) bond motifs is 1. The fourth-order valence-electron chi connectivity index (χ4n) is 5.20. The van der Waals surface area contributed by atoms with Gasteiger partial charge in [-0.1, -0.05) is 61.9 Å². The Balaban J connectivity index is 1.77. The molecule has 0 aliphatic carbocycles. The summed E-state index contributed by atoms with van der Waals surface area (Å²) >= 11 is 6.73. The minimum Gasteiger partial charge on any atom is -0.350 e. The molecule has 5 rings (SSSR count). The highest BCUT2D eigenvalue weighted by atomic mass is 35.5. The first-order valence-corrected chi connectivity index (χ1v) is 13.4. The minimum atomic E-state index is -0.493. The number of para-hydroxylation sites is 1. The summed E-state index contributed by atoms with van der Waals surface area (Å²) in [6.45, 7) is 9.00. The molecule has 2 aromatic carbocycles. The molecule has 1 aliphatic rings. The van der Waals surface area contributed by atoms with Gasteiger partial charge in [-0.15, -0.1) is 0 Å². The second-order valence-corrected chi connectivity index (χ2v) is 10.0. The summed E-state index contributed by atoms with van der Waals surface area (Å²) in [5.41, 5.74) is 1.99. The van der Waals surface area contributed by atoms with Gasteiger partial charge in [-0.05, 0) is 49.2 Å². The fraction of sp³-hybridized carbons (Fsp3) is 0.267. The first-order chi connectivity index (χ1) is 18.8. The number of rotatable bonds is 6. The lowest BCUT2D eigenvalue weighted by Crippen LogP contribution is -2.54. The van der Waals surface area contributed by atoms with E-state index in [1.807, 2.05) is 36.1 Å². The topological polar surface area (TPSA) is 71.3 Å². The van der Waals surface area contributed by atoms with Crippen molar-refractivity contribution in [3.05, 3.63) is 94.1 Å². The molecule has 1 saturated heterocycles. The molecule has 39 heavy (non-hydrogen) atoms. The van der Waals surface area contributed by atoms with E-state index in [0.29, 0.717) is 42.2 Å². The number of benzene rings is 2. The maximum Gasteiger partial charge on any atom is 0.355 e. The summed E-state index contributed by atoms with van der Waals surface area (Å²) in [6.07, 6.45) is 2.95. The van der Waals surface area contributed by atoms with Crippen LogP contribution in [0.2, 0.25) is 5.02 Å². The van der Waals surface area contributed by atoms with Crippen LogP contribution in [0.1, 0.15) is 25.8 Å². The van der Waals surface area contributed by atoms with Crippen LogP contribution in [0, 0.1) is 5.82 Å². The largest absolute Gasteiger partial charge is 0.355 e. The molecule has 0 bridgehead atoms. The van der Waals surface area contributed by atoms with Gasteiger partial charge in [-0.25, -0.2) is 18.7 Å². The average Bonchev–Trinajstić information content (AvgIpc) is 2.93. The molecule has 1 amide bonds. The van der Waals surface area contributed by atoms with Crippen LogP contribution < -0.4 is 10.6 Å². The van der Waals surface area contributed by atoms with E-state index in [4.69, 9.17) is 16.6 Å². The van der Waals surface area contributed by atoms with Gasteiger partial charge in [0.05, 0.1) is 21.8 Å². The Kier molecular flexibility index (Phi) is 7.48. The quantitative estimate of drug-likeness (QED) is 0.303. The van der Waals surface area contributed by atoms with Crippen molar-refractivity contribution in [2.45, 2.75) is 32.7 Å². The van der Waals surface area contributed by atoms with Crippen LogP contribution in [0.25, 0.3) is 28.0 Å². The van der Waals surface area contributed by atoms with Crippen molar-refractivity contribution >= 4 is 34.4 Å². The third-order valence-corrected chi connectivity index (χ3v) is 7.36. The number of amides is 1. The zero-order chi connectivity index (χ0) is 27.7. The van der Waals surface area contributed by atoms with Crippen molar-refractivity contribution < 1.29 is 9.18 Å². The Morgan fingerprint density at radius 1 is 1.15 bits per heavy atom. The standard InChI is InChI=1S/C30H29ClFN5O2/c1-4-10-20-11-6-9-14-25(20)37-29-22(17-23(31)27(33-29)21-12-7-8-13-24(21)32)28(34-30(37)39)36-16-15-35(18-19(36)3)26(38)5-2/h5-9,11-14,17,19H,2,4,10,15-16,18H2,1,3H3/t19-/m0/s1. The first-order valence-electron chi connectivity index (χ1n) is 13.0. The molecular weight excluding hydrogens is 517 g/mol. The van der Waals surface area contributed by atoms with Crippen LogP contribution in [-0.4, -0.2) is 51.0 Å². The van der Waals surface area contributed by atoms with Crippen LogP contribution >= 0.6 is 11.6 Å². The van der Waals surface area contributed by atoms with Gasteiger partial charge < -0.3 is 9.80 Å². The van der Waals surface area contributed by atoms with Gasteiger partial charge >= 0.3 is 5.69 Å². The van der Waals surface area contributed by atoms with Crippen molar-refractivity contribution in [2.24, 2.45) is 0 Å². The highest BCUT2D eigenvalue weighted by Gasteiger charge is 2.30. The second kappa shape index (κ2) is 11.0. The van der Waals surface area contributed by atoms with E-state index < -0.39 is 11.5 Å². The maximum absolute atomic E-state index is 14.8. The molecule has 4 aromatic rings. The fourth-order valence-corrected chi connectivity index (χ4v) is 5.45. The van der Waals surface area contributed by atoms with Crippen LogP contribution in [0.15, 0.2) is 72.0 Å². The number of nitrogens with zero attached hydrogens (tertiary/aromatic N) is 5. The average molecular weight is 546 g/mol. The summed E-state index contributed by atoms with van der Waals surface area (Å²) in [6, 6.07) is 15.5. The van der Waals surface area contributed by atoms with Gasteiger partial charge in [-0.2, -0.15) is 4.98 Å². The number of aromatic nitrogens is 3. The summed E-state index contributed by atoms with van der Waals surface area (Å²) in [5, 5.41) is 0.817. The Morgan fingerprint density at radius 3 is 2.62 bits per heavy atom. The van der Waals surface area contributed by atoms with Crippen molar-refractivity contribution in [3.63, 3.8) is 0 Å². The molecule has 0 radical (unpaired) electrons. The second-order valence-electron chi connectivity index (χ2n) is 9.63. The zero-order valence-corrected chi connectivity index (χ0v) is 22.7. The number of pyridine rings is 1. The van der Waals surface area contributed by atoms with E-state index in [9.17, 15) is 14.0 Å². The van der Waals surface area contributed by atoms with Crippen LogP contribution in [0.3, 0.4) is 0 Å². The molecule has 9 heteroatoms. The molecule has 1 atom stereocenters. The highest BCUT2D eigenvalue weighted by Crippen LogP contribution is 2.35. The number of aryl methyl sites for hydroxylation is 1. The van der Waals surface area contributed by atoms with Crippen LogP contribution in [-0.2, 0) is 11.2 Å². The number of anilines is 1. The van der Waals surface area contributed by atoms with E-state index >= 15 is 0 Å². The lowest BCUT2D eigenvalue weighted by molar-refractivity contribution is -0.126. The molecule has 0 N–H and O–H groups in total. The molecule has 7 nitrogen and oxygen atoms in total. The van der Waals surface area contributed by atoms with Crippen molar-refractivity contribution in [2.75, 3.05) is 24.5 Å².